The van der Waals surface area contributed by atoms with Crippen LogP contribution in [0.4, 0.5) is 17.6 Å². The maximum atomic E-state index is 13.1. The zero-order chi connectivity index (χ0) is 20.8. The highest BCUT2D eigenvalue weighted by Crippen LogP contribution is 2.34. The summed E-state index contributed by atoms with van der Waals surface area (Å²) in [5.74, 6) is 3.46. The van der Waals surface area contributed by atoms with Gasteiger partial charge in [-0.05, 0) is 70.1 Å². The fraction of sp³-hybridized carbons (Fsp3) is 0.652. The molecule has 0 bridgehead atoms. The number of aromatic amines is 1. The van der Waals surface area contributed by atoms with E-state index in [0.29, 0.717) is 5.95 Å². The lowest BCUT2D eigenvalue weighted by molar-refractivity contribution is -0.131. The third-order valence-corrected chi connectivity index (χ3v) is 7.22. The largest absolute Gasteiger partial charge is 0.341 e. The standard InChI is InChI=1S/C23H31N7O/c31-22(29-10-1-2-11-29)19-7-4-12-30(19)23-24-18-6-3-5-17(18)21(26-23)25-20-14-16(27-28-20)13-15-8-9-15/h14-15,19H,1-13H2,(H2,24,25,26,27,28)/t19-/m1/s1. The van der Waals surface area contributed by atoms with E-state index in [-0.39, 0.29) is 11.9 Å². The highest BCUT2D eigenvalue weighted by molar-refractivity contribution is 5.85. The van der Waals surface area contributed by atoms with Crippen LogP contribution in [0.2, 0.25) is 0 Å². The maximum Gasteiger partial charge on any atom is 0.245 e. The Balaban J connectivity index is 1.26. The number of rotatable bonds is 6. The van der Waals surface area contributed by atoms with Crippen molar-refractivity contribution in [2.75, 3.05) is 29.9 Å². The number of amides is 1. The molecule has 2 aromatic rings. The lowest BCUT2D eigenvalue weighted by atomic mass is 10.2. The van der Waals surface area contributed by atoms with Crippen molar-refractivity contribution in [3.8, 4) is 0 Å². The van der Waals surface area contributed by atoms with E-state index in [4.69, 9.17) is 9.97 Å². The average Bonchev–Trinajstić information content (AvgIpc) is 3.31. The summed E-state index contributed by atoms with van der Waals surface area (Å²) < 4.78 is 0. The van der Waals surface area contributed by atoms with Gasteiger partial charge < -0.3 is 15.1 Å². The van der Waals surface area contributed by atoms with Crippen molar-refractivity contribution in [3.63, 3.8) is 0 Å². The molecule has 6 rings (SSSR count). The number of aromatic nitrogens is 4. The summed E-state index contributed by atoms with van der Waals surface area (Å²) in [6, 6.07) is 1.98. The first-order valence-corrected chi connectivity index (χ1v) is 12.0. The van der Waals surface area contributed by atoms with Gasteiger partial charge in [0.15, 0.2) is 5.82 Å². The molecular formula is C23H31N7O. The van der Waals surface area contributed by atoms with Crippen molar-refractivity contribution in [2.24, 2.45) is 5.92 Å². The third kappa shape index (κ3) is 3.77. The minimum Gasteiger partial charge on any atom is -0.341 e. The van der Waals surface area contributed by atoms with E-state index in [1.807, 2.05) is 4.90 Å². The molecule has 164 valence electrons. The van der Waals surface area contributed by atoms with Crippen LogP contribution >= 0.6 is 0 Å². The summed E-state index contributed by atoms with van der Waals surface area (Å²) in [5, 5.41) is 11.1. The lowest BCUT2D eigenvalue weighted by Crippen LogP contribution is -2.45. The van der Waals surface area contributed by atoms with E-state index in [2.05, 4.69) is 26.5 Å². The molecule has 0 spiro atoms. The van der Waals surface area contributed by atoms with Gasteiger partial charge in [0.25, 0.3) is 0 Å². The number of H-pyrrole nitrogens is 1. The third-order valence-electron chi connectivity index (χ3n) is 7.22. The number of nitrogens with zero attached hydrogens (tertiary/aromatic N) is 5. The molecule has 1 saturated carbocycles. The summed E-state index contributed by atoms with van der Waals surface area (Å²) in [6.45, 7) is 2.63. The van der Waals surface area contributed by atoms with Gasteiger partial charge in [-0.1, -0.05) is 0 Å². The molecule has 1 amide bonds. The van der Waals surface area contributed by atoms with Crippen molar-refractivity contribution >= 4 is 23.5 Å². The molecule has 2 N–H and O–H groups in total. The molecule has 8 nitrogen and oxygen atoms in total. The van der Waals surface area contributed by atoms with Crippen LogP contribution in [0.3, 0.4) is 0 Å². The molecule has 2 aliphatic heterocycles. The molecule has 4 aliphatic rings. The number of anilines is 3. The fourth-order valence-electron chi connectivity index (χ4n) is 5.35. The van der Waals surface area contributed by atoms with Crippen molar-refractivity contribution in [1.29, 1.82) is 0 Å². The molecule has 3 fully saturated rings. The molecule has 0 aromatic carbocycles. The molecular weight excluding hydrogens is 390 g/mol. The first-order chi connectivity index (χ1) is 15.2. The Hall–Kier alpha value is -2.64. The normalized spacial score (nSPS) is 22.9. The lowest BCUT2D eigenvalue weighted by Gasteiger charge is -2.28. The first-order valence-electron chi connectivity index (χ1n) is 12.0. The van der Waals surface area contributed by atoms with Crippen LogP contribution in [0.25, 0.3) is 0 Å². The molecule has 2 aromatic heterocycles. The Morgan fingerprint density at radius 3 is 2.77 bits per heavy atom. The Morgan fingerprint density at radius 2 is 1.94 bits per heavy atom. The highest BCUT2D eigenvalue weighted by atomic mass is 16.2. The molecule has 0 unspecified atom stereocenters. The van der Waals surface area contributed by atoms with Crippen molar-refractivity contribution in [2.45, 2.75) is 70.3 Å². The summed E-state index contributed by atoms with van der Waals surface area (Å²) >= 11 is 0. The number of carbonyl (C=O) groups is 1. The molecule has 8 heteroatoms. The van der Waals surface area contributed by atoms with Gasteiger partial charge in [0, 0.05) is 37.0 Å². The fourth-order valence-corrected chi connectivity index (χ4v) is 5.35. The van der Waals surface area contributed by atoms with Crippen molar-refractivity contribution in [1.82, 2.24) is 25.1 Å². The quantitative estimate of drug-likeness (QED) is 0.745. The second-order valence-corrected chi connectivity index (χ2v) is 9.59. The van der Waals surface area contributed by atoms with Crippen molar-refractivity contribution in [3.05, 3.63) is 23.0 Å². The summed E-state index contributed by atoms with van der Waals surface area (Å²) in [4.78, 5) is 27.2. The van der Waals surface area contributed by atoms with E-state index in [1.54, 1.807) is 0 Å². The highest BCUT2D eigenvalue weighted by Gasteiger charge is 2.37. The van der Waals surface area contributed by atoms with Crippen molar-refractivity contribution < 1.29 is 4.79 Å². The minimum absolute atomic E-state index is 0.124. The Morgan fingerprint density at radius 1 is 1.06 bits per heavy atom. The second-order valence-electron chi connectivity index (χ2n) is 9.59. The summed E-state index contributed by atoms with van der Waals surface area (Å²) in [6.07, 6.45) is 11.0. The maximum absolute atomic E-state index is 13.1. The molecule has 2 aliphatic carbocycles. The zero-order valence-electron chi connectivity index (χ0n) is 18.1. The van der Waals surface area contributed by atoms with Crippen LogP contribution in [-0.4, -0.2) is 56.6 Å². The SMILES string of the molecule is O=C([C@H]1CCCN1c1nc2c(c(Nc3cc(CC4CC4)[nH]n3)n1)CCC2)N1CCCC1. The predicted molar refractivity (Wildman–Crippen MR) is 119 cm³/mol. The smallest absolute Gasteiger partial charge is 0.245 e. The number of hydrogen-bond donors (Lipinski definition) is 2. The second kappa shape index (κ2) is 7.80. The van der Waals surface area contributed by atoms with Gasteiger partial charge in [-0.3, -0.25) is 9.89 Å². The van der Waals surface area contributed by atoms with E-state index < -0.39 is 0 Å². The van der Waals surface area contributed by atoms with Crippen LogP contribution in [0.15, 0.2) is 6.07 Å². The number of carbonyl (C=O) groups excluding carboxylic acids is 1. The van der Waals surface area contributed by atoms with E-state index in [1.165, 1.54) is 24.1 Å². The molecule has 4 heterocycles. The number of nitrogens with one attached hydrogen (secondary N) is 2. The Bertz CT molecular complexity index is 976. The monoisotopic (exact) mass is 421 g/mol. The number of likely N-dealkylation sites (tertiary alicyclic amines) is 1. The van der Waals surface area contributed by atoms with Crippen LogP contribution in [0.5, 0.6) is 0 Å². The van der Waals surface area contributed by atoms with E-state index in [0.717, 1.165) is 94.2 Å². The molecule has 1 atom stereocenters. The minimum atomic E-state index is -0.124. The predicted octanol–water partition coefficient (Wildman–Crippen LogP) is 2.98. The van der Waals surface area contributed by atoms with Crippen LogP contribution in [0.1, 0.15) is 61.9 Å². The number of fused-ring (bicyclic) bond motifs is 1. The van der Waals surface area contributed by atoms with Crippen LogP contribution < -0.4 is 10.2 Å². The molecule has 2 saturated heterocycles. The van der Waals surface area contributed by atoms with Gasteiger partial charge in [0.2, 0.25) is 11.9 Å². The van der Waals surface area contributed by atoms with Gasteiger partial charge in [0.05, 0.1) is 5.69 Å². The Labute approximate surface area is 182 Å². The van der Waals surface area contributed by atoms with E-state index in [9.17, 15) is 4.79 Å². The van der Waals surface area contributed by atoms with Gasteiger partial charge in [0.1, 0.15) is 11.9 Å². The van der Waals surface area contributed by atoms with E-state index >= 15 is 0 Å². The number of hydrogen-bond acceptors (Lipinski definition) is 6. The molecule has 31 heavy (non-hydrogen) atoms. The number of aryl methyl sites for hydroxylation is 1. The summed E-state index contributed by atoms with van der Waals surface area (Å²) in [7, 11) is 0. The van der Waals surface area contributed by atoms with Crippen LogP contribution in [0, 0.1) is 5.92 Å². The summed E-state index contributed by atoms with van der Waals surface area (Å²) in [5.41, 5.74) is 3.52. The topological polar surface area (TPSA) is 90.0 Å². The molecule has 0 radical (unpaired) electrons. The van der Waals surface area contributed by atoms with Gasteiger partial charge in [-0.25, -0.2) is 4.98 Å². The van der Waals surface area contributed by atoms with Crippen LogP contribution in [-0.2, 0) is 24.1 Å². The first kappa shape index (κ1) is 19.1. The average molecular weight is 422 g/mol. The van der Waals surface area contributed by atoms with Gasteiger partial charge in [-0.2, -0.15) is 10.1 Å². The van der Waals surface area contributed by atoms with Gasteiger partial charge >= 0.3 is 0 Å². The zero-order valence-corrected chi connectivity index (χ0v) is 18.1. The van der Waals surface area contributed by atoms with Gasteiger partial charge in [-0.15, -0.1) is 0 Å². The Kier molecular flexibility index (Phi) is 4.80.